The summed E-state index contributed by atoms with van der Waals surface area (Å²) in [7, 11) is 1.60. The number of amidine groups is 1. The molecule has 0 fully saturated rings. The second-order valence-electron chi connectivity index (χ2n) is 6.49. The summed E-state index contributed by atoms with van der Waals surface area (Å²) in [5.41, 5.74) is 8.19. The molecule has 1 amide bonds. The van der Waals surface area contributed by atoms with Crippen molar-refractivity contribution in [3.8, 4) is 5.75 Å². The van der Waals surface area contributed by atoms with E-state index in [2.05, 4.69) is 14.8 Å². The van der Waals surface area contributed by atoms with Crippen molar-refractivity contribution in [2.45, 2.75) is 19.4 Å². The number of nitrogen functional groups attached to an aromatic ring is 1. The lowest BCUT2D eigenvalue weighted by molar-refractivity contribution is -0.117. The van der Waals surface area contributed by atoms with Crippen LogP contribution in [0.15, 0.2) is 59.9 Å². The van der Waals surface area contributed by atoms with Gasteiger partial charge in [-0.1, -0.05) is 53.5 Å². The molecule has 2 aromatic carbocycles. The highest BCUT2D eigenvalue weighted by Gasteiger charge is 2.17. The number of rotatable bonds is 7. The molecule has 0 bridgehead atoms. The number of aliphatic imine (C=N–C) groups is 1. The lowest BCUT2D eigenvalue weighted by Crippen LogP contribution is -2.08. The van der Waals surface area contributed by atoms with E-state index in [0.717, 1.165) is 16.9 Å². The number of carbonyl (C=O) groups excluding carboxylic acids is 1. The van der Waals surface area contributed by atoms with Crippen LogP contribution in [0.4, 0.5) is 5.82 Å². The molecular formula is C22H20ClN5O2. The highest BCUT2D eigenvalue weighted by Crippen LogP contribution is 2.20. The molecule has 1 aromatic heterocycles. The first-order valence-electron chi connectivity index (χ1n) is 9.18. The molecule has 1 heterocycles. The lowest BCUT2D eigenvalue weighted by Gasteiger charge is -2.07. The van der Waals surface area contributed by atoms with E-state index in [1.807, 2.05) is 42.5 Å². The van der Waals surface area contributed by atoms with E-state index in [0.29, 0.717) is 18.0 Å². The molecule has 0 unspecified atom stereocenters. The Morgan fingerprint density at radius 3 is 2.67 bits per heavy atom. The van der Waals surface area contributed by atoms with Gasteiger partial charge in [-0.15, -0.1) is 0 Å². The van der Waals surface area contributed by atoms with Crippen molar-refractivity contribution in [2.75, 3.05) is 12.8 Å². The zero-order valence-corrected chi connectivity index (χ0v) is 17.1. The minimum Gasteiger partial charge on any atom is -0.497 e. The first-order valence-corrected chi connectivity index (χ1v) is 9.56. The normalized spacial score (nSPS) is 11.2. The fraction of sp³-hybridized carbons (Fsp3) is 0.182. The molecule has 0 radical (unpaired) electrons. The van der Waals surface area contributed by atoms with Crippen LogP contribution in [-0.4, -0.2) is 28.4 Å². The number of carbonyl (C=O) groups is 1. The van der Waals surface area contributed by atoms with Crippen LogP contribution in [0.5, 0.6) is 5.75 Å². The zero-order valence-electron chi connectivity index (χ0n) is 16.4. The van der Waals surface area contributed by atoms with Crippen molar-refractivity contribution in [1.29, 1.82) is 0 Å². The summed E-state index contributed by atoms with van der Waals surface area (Å²) >= 11 is 6.20. The van der Waals surface area contributed by atoms with Gasteiger partial charge in [-0.2, -0.15) is 0 Å². The molecule has 8 heteroatoms. The highest BCUT2D eigenvalue weighted by molar-refractivity contribution is 6.31. The van der Waals surface area contributed by atoms with Gasteiger partial charge in [0, 0.05) is 5.02 Å². The Kier molecular flexibility index (Phi) is 6.83. The third kappa shape index (κ3) is 5.04. The number of imidazole rings is 1. The molecule has 0 atom stereocenters. The lowest BCUT2D eigenvalue weighted by atomic mass is 10.1. The Hall–Kier alpha value is -3.63. The van der Waals surface area contributed by atoms with Crippen LogP contribution < -0.4 is 10.5 Å². The van der Waals surface area contributed by atoms with E-state index in [9.17, 15) is 4.79 Å². The molecule has 2 N–H and O–H groups in total. The van der Waals surface area contributed by atoms with Gasteiger partial charge >= 0.3 is 11.7 Å². The van der Waals surface area contributed by atoms with Gasteiger partial charge in [0.25, 0.3) is 0 Å². The minimum absolute atomic E-state index is 0.120. The summed E-state index contributed by atoms with van der Waals surface area (Å²) < 4.78 is 6.78. The summed E-state index contributed by atoms with van der Waals surface area (Å²) in [6.45, 7) is 7.79. The Balaban J connectivity index is 1.71. The topological polar surface area (TPSA) is 86.9 Å². The van der Waals surface area contributed by atoms with Gasteiger partial charge in [0.1, 0.15) is 17.3 Å². The molecule has 30 heavy (non-hydrogen) atoms. The van der Waals surface area contributed by atoms with E-state index < -0.39 is 5.91 Å². The minimum atomic E-state index is -0.406. The number of benzene rings is 2. The van der Waals surface area contributed by atoms with Gasteiger partial charge < -0.3 is 19.9 Å². The summed E-state index contributed by atoms with van der Waals surface area (Å²) in [5.74, 6) is 0.482. The maximum Gasteiger partial charge on any atom is 0.333 e. The van der Waals surface area contributed by atoms with Crippen molar-refractivity contribution in [1.82, 2.24) is 9.55 Å². The number of hydrogen-bond acceptors (Lipinski definition) is 4. The molecule has 0 spiro atoms. The largest absolute Gasteiger partial charge is 0.497 e. The SMILES string of the molecule is [C-]#[N+]C(=NC(=O)CCc1ccc(OC)cc1)c1ncn(Cc2ccccc2Cl)c1N. The zero-order chi connectivity index (χ0) is 21.5. The van der Waals surface area contributed by atoms with Gasteiger partial charge in [0.2, 0.25) is 0 Å². The monoisotopic (exact) mass is 421 g/mol. The number of anilines is 1. The van der Waals surface area contributed by atoms with E-state index in [1.54, 1.807) is 17.7 Å². The van der Waals surface area contributed by atoms with Crippen LogP contribution in [0, 0.1) is 6.57 Å². The highest BCUT2D eigenvalue weighted by atomic mass is 35.5. The van der Waals surface area contributed by atoms with Gasteiger partial charge in [0.15, 0.2) is 0 Å². The van der Waals surface area contributed by atoms with Crippen molar-refractivity contribution >= 4 is 29.2 Å². The van der Waals surface area contributed by atoms with E-state index in [1.165, 1.54) is 6.33 Å². The Morgan fingerprint density at radius 1 is 1.27 bits per heavy atom. The average molecular weight is 422 g/mol. The first kappa shape index (κ1) is 21.1. The number of aryl methyl sites for hydroxylation is 1. The number of halogens is 1. The molecule has 0 aliphatic rings. The second-order valence-corrected chi connectivity index (χ2v) is 6.89. The molecule has 0 saturated heterocycles. The van der Waals surface area contributed by atoms with Crippen LogP contribution in [0.2, 0.25) is 5.02 Å². The molecular weight excluding hydrogens is 402 g/mol. The molecule has 0 aliphatic heterocycles. The molecule has 152 valence electrons. The number of ether oxygens (including phenoxy) is 1. The van der Waals surface area contributed by atoms with Crippen LogP contribution in [0.25, 0.3) is 4.85 Å². The maximum atomic E-state index is 12.3. The predicted octanol–water partition coefficient (Wildman–Crippen LogP) is 4.00. The van der Waals surface area contributed by atoms with Crippen molar-refractivity contribution in [3.05, 3.63) is 88.1 Å². The third-order valence-corrected chi connectivity index (χ3v) is 4.88. The standard InChI is InChI=1S/C22H20ClN5O2/c1-25-22(27-19(29)12-9-15-7-10-17(30-2)11-8-15)20-21(24)28(14-26-20)13-16-5-3-4-6-18(16)23/h3-8,10-11,14H,9,12-13,24H2,2H3. The average Bonchev–Trinajstić information content (AvgIpc) is 3.12. The summed E-state index contributed by atoms with van der Waals surface area (Å²) in [6.07, 6.45) is 2.19. The predicted molar refractivity (Wildman–Crippen MR) is 117 cm³/mol. The smallest absolute Gasteiger partial charge is 0.333 e. The van der Waals surface area contributed by atoms with Gasteiger partial charge in [0.05, 0.1) is 26.4 Å². The van der Waals surface area contributed by atoms with Crippen LogP contribution >= 0.6 is 11.6 Å². The molecule has 3 rings (SSSR count). The van der Waals surface area contributed by atoms with Gasteiger partial charge in [-0.3, -0.25) is 0 Å². The molecule has 0 aliphatic carbocycles. The fourth-order valence-electron chi connectivity index (χ4n) is 2.85. The van der Waals surface area contributed by atoms with E-state index in [-0.39, 0.29) is 23.8 Å². The van der Waals surface area contributed by atoms with Crippen molar-refractivity contribution < 1.29 is 9.53 Å². The summed E-state index contributed by atoms with van der Waals surface area (Å²) in [5, 5.41) is 0.611. The van der Waals surface area contributed by atoms with Crippen LogP contribution in [-0.2, 0) is 17.8 Å². The number of nitrogens with two attached hydrogens (primary N) is 1. The summed E-state index contributed by atoms with van der Waals surface area (Å²) in [6, 6.07) is 14.8. The van der Waals surface area contributed by atoms with Crippen LogP contribution in [0.3, 0.4) is 0 Å². The Bertz CT molecular complexity index is 1110. The number of aromatic nitrogens is 2. The number of amides is 1. The first-order chi connectivity index (χ1) is 14.5. The van der Waals surface area contributed by atoms with E-state index >= 15 is 0 Å². The maximum absolute atomic E-state index is 12.3. The van der Waals surface area contributed by atoms with E-state index in [4.69, 9.17) is 28.6 Å². The molecule has 7 nitrogen and oxygen atoms in total. The Labute approximate surface area is 179 Å². The van der Waals surface area contributed by atoms with Crippen molar-refractivity contribution in [3.63, 3.8) is 0 Å². The van der Waals surface area contributed by atoms with Crippen LogP contribution in [0.1, 0.15) is 23.2 Å². The number of nitrogens with zero attached hydrogens (tertiary/aromatic N) is 4. The van der Waals surface area contributed by atoms with Gasteiger partial charge in [-0.05, 0) is 35.7 Å². The Morgan fingerprint density at radius 2 is 2.00 bits per heavy atom. The summed E-state index contributed by atoms with van der Waals surface area (Å²) in [4.78, 5) is 23.8. The number of methoxy groups -OCH3 is 1. The molecule has 0 saturated carbocycles. The quantitative estimate of drug-likeness (QED) is 0.355. The fourth-order valence-corrected chi connectivity index (χ4v) is 3.04. The number of hydrogen-bond donors (Lipinski definition) is 1. The van der Waals surface area contributed by atoms with Gasteiger partial charge in [-0.25, -0.2) is 9.78 Å². The second kappa shape index (κ2) is 9.72. The van der Waals surface area contributed by atoms with Crippen molar-refractivity contribution in [2.24, 2.45) is 4.99 Å². The third-order valence-electron chi connectivity index (χ3n) is 4.51. The molecule has 3 aromatic rings.